The van der Waals surface area contributed by atoms with Gasteiger partial charge in [0, 0.05) is 11.1 Å². The minimum atomic E-state index is -0.605. The van der Waals surface area contributed by atoms with Gasteiger partial charge in [-0.2, -0.15) is 5.26 Å². The van der Waals surface area contributed by atoms with Crippen LogP contribution in [0.25, 0.3) is 0 Å². The fraction of sp³-hybridized carbons (Fsp3) is 0.364. The summed E-state index contributed by atoms with van der Waals surface area (Å²) in [5.74, 6) is 0.664. The Hall–Kier alpha value is -0.720. The second-order valence-electron chi connectivity index (χ2n) is 3.70. The van der Waals surface area contributed by atoms with Crippen LogP contribution in [0.2, 0.25) is 5.02 Å². The fourth-order valence-electron chi connectivity index (χ4n) is 1.22. The summed E-state index contributed by atoms with van der Waals surface area (Å²) in [6.07, 6.45) is 0. The normalized spacial score (nSPS) is 10.9. The second kappa shape index (κ2) is 4.42. The molecular weight excluding hydrogens is 277 g/mol. The zero-order chi connectivity index (χ0) is 11.6. The summed E-state index contributed by atoms with van der Waals surface area (Å²) < 4.78 is 5.91. The lowest BCUT2D eigenvalue weighted by molar-refractivity contribution is 0.411. The number of rotatable bonds is 2. The molecule has 0 unspecified atom stereocenters. The third kappa shape index (κ3) is 2.45. The molecule has 0 fully saturated rings. The highest BCUT2D eigenvalue weighted by atomic mass is 79.9. The SMILES string of the molecule is COc1cc(Cl)c(C(C)(C)C#N)cc1Br. The molecule has 0 aromatic heterocycles. The molecule has 0 amide bonds. The van der Waals surface area contributed by atoms with E-state index in [9.17, 15) is 0 Å². The maximum atomic E-state index is 9.03. The van der Waals surface area contributed by atoms with Gasteiger partial charge in [0.1, 0.15) is 5.75 Å². The van der Waals surface area contributed by atoms with E-state index in [1.54, 1.807) is 13.2 Å². The maximum absolute atomic E-state index is 9.03. The van der Waals surface area contributed by atoms with Gasteiger partial charge in [-0.05, 0) is 41.4 Å². The Bertz CT molecular complexity index is 423. The molecule has 1 aromatic carbocycles. The lowest BCUT2D eigenvalue weighted by Gasteiger charge is -2.18. The van der Waals surface area contributed by atoms with Gasteiger partial charge in [0.15, 0.2) is 0 Å². The monoisotopic (exact) mass is 287 g/mol. The van der Waals surface area contributed by atoms with Crippen molar-refractivity contribution in [1.82, 2.24) is 0 Å². The van der Waals surface area contributed by atoms with Crippen LogP contribution in [0.1, 0.15) is 19.4 Å². The van der Waals surface area contributed by atoms with E-state index in [1.165, 1.54) is 0 Å². The average Bonchev–Trinajstić information content (AvgIpc) is 2.20. The summed E-state index contributed by atoms with van der Waals surface area (Å²) in [6.45, 7) is 3.65. The molecule has 15 heavy (non-hydrogen) atoms. The van der Waals surface area contributed by atoms with Gasteiger partial charge in [-0.3, -0.25) is 0 Å². The van der Waals surface area contributed by atoms with Crippen molar-refractivity contribution in [2.24, 2.45) is 0 Å². The van der Waals surface area contributed by atoms with Crippen LogP contribution in [0.3, 0.4) is 0 Å². The van der Waals surface area contributed by atoms with E-state index in [-0.39, 0.29) is 0 Å². The van der Waals surface area contributed by atoms with Crippen molar-refractivity contribution in [3.8, 4) is 11.8 Å². The number of hydrogen-bond donors (Lipinski definition) is 0. The Morgan fingerprint density at radius 2 is 2.07 bits per heavy atom. The molecule has 0 aliphatic rings. The Morgan fingerprint density at radius 1 is 1.47 bits per heavy atom. The molecule has 0 N–H and O–H groups in total. The predicted octanol–water partition coefficient (Wildman–Crippen LogP) is 3.91. The second-order valence-corrected chi connectivity index (χ2v) is 4.96. The largest absolute Gasteiger partial charge is 0.496 e. The van der Waals surface area contributed by atoms with Crippen molar-refractivity contribution in [1.29, 1.82) is 5.26 Å². The molecule has 0 saturated heterocycles. The number of nitriles is 1. The molecular formula is C11H11BrClNO. The molecule has 0 saturated carbocycles. The highest BCUT2D eigenvalue weighted by Gasteiger charge is 2.24. The number of nitrogens with zero attached hydrogens (tertiary/aromatic N) is 1. The van der Waals surface area contributed by atoms with E-state index >= 15 is 0 Å². The Kier molecular flexibility index (Phi) is 3.64. The van der Waals surface area contributed by atoms with E-state index in [4.69, 9.17) is 21.6 Å². The van der Waals surface area contributed by atoms with E-state index in [0.717, 1.165) is 10.0 Å². The lowest BCUT2D eigenvalue weighted by atomic mass is 9.86. The first-order valence-electron chi connectivity index (χ1n) is 4.37. The fourth-order valence-corrected chi connectivity index (χ4v) is 2.12. The van der Waals surface area contributed by atoms with Gasteiger partial charge >= 0.3 is 0 Å². The average molecular weight is 289 g/mol. The van der Waals surface area contributed by atoms with Crippen LogP contribution in [0.15, 0.2) is 16.6 Å². The highest BCUT2D eigenvalue weighted by Crippen LogP contribution is 2.36. The van der Waals surface area contributed by atoms with E-state index in [1.807, 2.05) is 19.9 Å². The van der Waals surface area contributed by atoms with Crippen LogP contribution in [0, 0.1) is 11.3 Å². The third-order valence-electron chi connectivity index (χ3n) is 2.19. The number of hydrogen-bond acceptors (Lipinski definition) is 2. The molecule has 0 atom stereocenters. The third-order valence-corrected chi connectivity index (χ3v) is 3.13. The first-order chi connectivity index (χ1) is 6.92. The summed E-state index contributed by atoms with van der Waals surface area (Å²) in [4.78, 5) is 0. The Labute approximate surface area is 103 Å². The summed E-state index contributed by atoms with van der Waals surface area (Å²) in [5.41, 5.74) is 0.186. The van der Waals surface area contributed by atoms with Crippen LogP contribution in [-0.2, 0) is 5.41 Å². The minimum absolute atomic E-state index is 0.543. The summed E-state index contributed by atoms with van der Waals surface area (Å²) in [5, 5.41) is 9.58. The van der Waals surface area contributed by atoms with Gasteiger partial charge in [0.05, 0.1) is 23.1 Å². The Morgan fingerprint density at radius 3 is 2.53 bits per heavy atom. The molecule has 2 nitrogen and oxygen atoms in total. The van der Waals surface area contributed by atoms with Crippen LogP contribution in [0.4, 0.5) is 0 Å². The molecule has 0 radical (unpaired) electrons. The molecule has 80 valence electrons. The predicted molar refractivity (Wildman–Crippen MR) is 64.3 cm³/mol. The molecule has 1 rings (SSSR count). The molecule has 0 spiro atoms. The lowest BCUT2D eigenvalue weighted by Crippen LogP contribution is -2.14. The van der Waals surface area contributed by atoms with Crippen molar-refractivity contribution >= 4 is 27.5 Å². The first-order valence-corrected chi connectivity index (χ1v) is 5.54. The molecule has 0 aliphatic carbocycles. The van der Waals surface area contributed by atoms with Crippen LogP contribution < -0.4 is 4.74 Å². The topological polar surface area (TPSA) is 33.0 Å². The summed E-state index contributed by atoms with van der Waals surface area (Å²) in [7, 11) is 1.57. The standard InChI is InChI=1S/C11H11BrClNO/c1-11(2,6-14)7-4-8(12)10(15-3)5-9(7)13/h4-5H,1-3H3. The smallest absolute Gasteiger partial charge is 0.134 e. The van der Waals surface area contributed by atoms with Gasteiger partial charge in [-0.25, -0.2) is 0 Å². The van der Waals surface area contributed by atoms with Gasteiger partial charge in [-0.1, -0.05) is 11.6 Å². The molecule has 0 bridgehead atoms. The number of benzene rings is 1. The molecule has 1 aromatic rings. The van der Waals surface area contributed by atoms with Crippen LogP contribution >= 0.6 is 27.5 Å². The zero-order valence-electron chi connectivity index (χ0n) is 8.77. The Balaban J connectivity index is 3.36. The maximum Gasteiger partial charge on any atom is 0.134 e. The van der Waals surface area contributed by atoms with Gasteiger partial charge in [0.2, 0.25) is 0 Å². The van der Waals surface area contributed by atoms with Crippen molar-refractivity contribution in [2.75, 3.05) is 7.11 Å². The van der Waals surface area contributed by atoms with Crippen molar-refractivity contribution in [3.05, 3.63) is 27.2 Å². The highest BCUT2D eigenvalue weighted by molar-refractivity contribution is 9.10. The van der Waals surface area contributed by atoms with E-state index in [2.05, 4.69) is 22.0 Å². The number of methoxy groups -OCH3 is 1. The van der Waals surface area contributed by atoms with Gasteiger partial charge in [-0.15, -0.1) is 0 Å². The van der Waals surface area contributed by atoms with E-state index < -0.39 is 5.41 Å². The molecule has 0 aliphatic heterocycles. The number of ether oxygens (including phenoxy) is 1. The van der Waals surface area contributed by atoms with E-state index in [0.29, 0.717) is 10.8 Å². The van der Waals surface area contributed by atoms with Crippen LogP contribution in [-0.4, -0.2) is 7.11 Å². The minimum Gasteiger partial charge on any atom is -0.496 e. The first kappa shape index (κ1) is 12.4. The van der Waals surface area contributed by atoms with Crippen LogP contribution in [0.5, 0.6) is 5.75 Å². The molecule has 4 heteroatoms. The quantitative estimate of drug-likeness (QED) is 0.826. The van der Waals surface area contributed by atoms with Crippen molar-refractivity contribution in [2.45, 2.75) is 19.3 Å². The van der Waals surface area contributed by atoms with Gasteiger partial charge < -0.3 is 4.74 Å². The zero-order valence-corrected chi connectivity index (χ0v) is 11.1. The molecule has 0 heterocycles. The van der Waals surface area contributed by atoms with Crippen molar-refractivity contribution < 1.29 is 4.74 Å². The van der Waals surface area contributed by atoms with Crippen molar-refractivity contribution in [3.63, 3.8) is 0 Å². The van der Waals surface area contributed by atoms with Gasteiger partial charge in [0.25, 0.3) is 0 Å². The summed E-state index contributed by atoms with van der Waals surface area (Å²) in [6, 6.07) is 5.75. The summed E-state index contributed by atoms with van der Waals surface area (Å²) >= 11 is 9.46. The number of halogens is 2.